The minimum atomic E-state index is 0.554. The first-order chi connectivity index (χ1) is 8.27. The molecule has 0 radical (unpaired) electrons. The molecule has 1 aliphatic rings. The molecule has 2 rings (SSSR count). The monoisotopic (exact) mass is 252 g/mol. The van der Waals surface area contributed by atoms with Crippen LogP contribution in [-0.4, -0.2) is 41.1 Å². The molecular weight excluding hydrogens is 232 g/mol. The molecule has 0 spiro atoms. The van der Waals surface area contributed by atoms with Gasteiger partial charge >= 0.3 is 0 Å². The van der Waals surface area contributed by atoms with Gasteiger partial charge in [-0.1, -0.05) is 6.92 Å². The van der Waals surface area contributed by atoms with Gasteiger partial charge in [0.05, 0.1) is 0 Å². The molecule has 1 atom stereocenters. The van der Waals surface area contributed by atoms with Crippen molar-refractivity contribution in [3.63, 3.8) is 0 Å². The second-order valence-corrected chi connectivity index (χ2v) is 5.40. The van der Waals surface area contributed by atoms with Crippen molar-refractivity contribution in [3.8, 4) is 0 Å². The lowest BCUT2D eigenvalue weighted by Crippen LogP contribution is -2.41. The summed E-state index contributed by atoms with van der Waals surface area (Å²) in [6.45, 7) is 5.51. The molecule has 5 heteroatoms. The van der Waals surface area contributed by atoms with Crippen LogP contribution in [0.4, 0.5) is 11.6 Å². The fourth-order valence-corrected chi connectivity index (χ4v) is 3.25. The van der Waals surface area contributed by atoms with Crippen molar-refractivity contribution in [2.45, 2.75) is 26.3 Å². The zero-order chi connectivity index (χ0) is 12.3. The molecule has 0 aromatic carbocycles. The van der Waals surface area contributed by atoms with E-state index in [-0.39, 0.29) is 0 Å². The van der Waals surface area contributed by atoms with E-state index in [1.165, 1.54) is 17.1 Å². The topological polar surface area (TPSA) is 41.1 Å². The Balaban J connectivity index is 2.36. The van der Waals surface area contributed by atoms with Crippen molar-refractivity contribution in [1.82, 2.24) is 9.97 Å². The molecule has 2 heterocycles. The third-order valence-electron chi connectivity index (χ3n) is 3.15. The Morgan fingerprint density at radius 3 is 3.00 bits per heavy atom. The average molecular weight is 252 g/mol. The maximum absolute atomic E-state index is 4.50. The highest BCUT2D eigenvalue weighted by molar-refractivity contribution is 7.99. The van der Waals surface area contributed by atoms with Crippen LogP contribution in [0, 0.1) is 0 Å². The van der Waals surface area contributed by atoms with Gasteiger partial charge in [0, 0.05) is 36.7 Å². The van der Waals surface area contributed by atoms with E-state index < -0.39 is 0 Å². The van der Waals surface area contributed by atoms with Crippen LogP contribution in [0.15, 0.2) is 6.33 Å². The fraction of sp³-hybridized carbons (Fsp3) is 0.667. The fourth-order valence-electron chi connectivity index (χ4n) is 2.23. The molecule has 1 N–H and O–H groups in total. The molecular formula is C12H20N4S. The van der Waals surface area contributed by atoms with Crippen molar-refractivity contribution in [2.24, 2.45) is 0 Å². The number of rotatable bonds is 3. The van der Waals surface area contributed by atoms with Gasteiger partial charge in [0.1, 0.15) is 18.0 Å². The Bertz CT molecular complexity index is 383. The number of nitrogens with one attached hydrogen (secondary N) is 1. The molecule has 1 unspecified atom stereocenters. The number of hydrogen-bond acceptors (Lipinski definition) is 5. The van der Waals surface area contributed by atoms with Gasteiger partial charge in [-0.15, -0.1) is 0 Å². The van der Waals surface area contributed by atoms with Gasteiger partial charge in [-0.25, -0.2) is 9.97 Å². The van der Waals surface area contributed by atoms with Gasteiger partial charge in [-0.2, -0.15) is 11.8 Å². The smallest absolute Gasteiger partial charge is 0.137 e. The SMILES string of the molecule is CCc1c(NC)ncnc1N1CCSCC1C. The van der Waals surface area contributed by atoms with Gasteiger partial charge in [-0.05, 0) is 13.3 Å². The first-order valence-electron chi connectivity index (χ1n) is 6.14. The summed E-state index contributed by atoms with van der Waals surface area (Å²) in [7, 11) is 1.92. The predicted molar refractivity (Wildman–Crippen MR) is 75.1 cm³/mol. The van der Waals surface area contributed by atoms with Crippen LogP contribution in [0.5, 0.6) is 0 Å². The maximum atomic E-state index is 4.50. The molecule has 0 amide bonds. The van der Waals surface area contributed by atoms with Crippen LogP contribution in [-0.2, 0) is 6.42 Å². The lowest BCUT2D eigenvalue weighted by atomic mass is 10.2. The lowest BCUT2D eigenvalue weighted by Gasteiger charge is -2.35. The number of anilines is 2. The Morgan fingerprint density at radius 1 is 1.53 bits per heavy atom. The van der Waals surface area contributed by atoms with Crippen molar-refractivity contribution in [2.75, 3.05) is 35.3 Å². The summed E-state index contributed by atoms with van der Waals surface area (Å²) in [6.07, 6.45) is 2.62. The molecule has 0 bridgehead atoms. The number of nitrogens with zero attached hydrogens (tertiary/aromatic N) is 3. The van der Waals surface area contributed by atoms with E-state index >= 15 is 0 Å². The molecule has 1 aromatic rings. The summed E-state index contributed by atoms with van der Waals surface area (Å²) in [4.78, 5) is 11.2. The van der Waals surface area contributed by atoms with Gasteiger partial charge in [0.15, 0.2) is 0 Å². The van der Waals surface area contributed by atoms with E-state index in [0.717, 1.165) is 24.6 Å². The van der Waals surface area contributed by atoms with Crippen LogP contribution in [0.1, 0.15) is 19.4 Å². The highest BCUT2D eigenvalue weighted by atomic mass is 32.2. The number of thioether (sulfide) groups is 1. The predicted octanol–water partition coefficient (Wildman–Crippen LogP) is 2.02. The van der Waals surface area contributed by atoms with Crippen molar-refractivity contribution in [1.29, 1.82) is 0 Å². The zero-order valence-electron chi connectivity index (χ0n) is 10.7. The summed E-state index contributed by atoms with van der Waals surface area (Å²) in [5, 5.41) is 3.16. The van der Waals surface area contributed by atoms with E-state index in [1.54, 1.807) is 6.33 Å². The zero-order valence-corrected chi connectivity index (χ0v) is 11.5. The molecule has 1 aliphatic heterocycles. The molecule has 0 aliphatic carbocycles. The highest BCUT2D eigenvalue weighted by Crippen LogP contribution is 2.28. The third-order valence-corrected chi connectivity index (χ3v) is 4.34. The van der Waals surface area contributed by atoms with E-state index in [1.807, 2.05) is 18.8 Å². The van der Waals surface area contributed by atoms with Crippen molar-refractivity contribution in [3.05, 3.63) is 11.9 Å². The van der Waals surface area contributed by atoms with E-state index in [4.69, 9.17) is 0 Å². The molecule has 1 fully saturated rings. The summed E-state index contributed by atoms with van der Waals surface area (Å²) in [6, 6.07) is 0.554. The van der Waals surface area contributed by atoms with Gasteiger partial charge < -0.3 is 10.2 Å². The Kier molecular flexibility index (Phi) is 4.10. The summed E-state index contributed by atoms with van der Waals surface area (Å²) < 4.78 is 0. The molecule has 0 saturated carbocycles. The van der Waals surface area contributed by atoms with Crippen LogP contribution in [0.25, 0.3) is 0 Å². The minimum absolute atomic E-state index is 0.554. The van der Waals surface area contributed by atoms with Crippen LogP contribution in [0.2, 0.25) is 0 Å². The minimum Gasteiger partial charge on any atom is -0.373 e. The second-order valence-electron chi connectivity index (χ2n) is 4.25. The quantitative estimate of drug-likeness (QED) is 0.891. The first-order valence-corrected chi connectivity index (χ1v) is 7.29. The second kappa shape index (κ2) is 5.58. The molecule has 94 valence electrons. The van der Waals surface area contributed by atoms with Gasteiger partial charge in [0.25, 0.3) is 0 Å². The van der Waals surface area contributed by atoms with Crippen LogP contribution in [0.3, 0.4) is 0 Å². The van der Waals surface area contributed by atoms with Gasteiger partial charge in [-0.3, -0.25) is 0 Å². The lowest BCUT2D eigenvalue weighted by molar-refractivity contribution is 0.684. The first kappa shape index (κ1) is 12.5. The van der Waals surface area contributed by atoms with Crippen LogP contribution >= 0.6 is 11.8 Å². The number of hydrogen-bond donors (Lipinski definition) is 1. The standard InChI is InChI=1S/C12H20N4S/c1-4-10-11(13-3)14-8-15-12(10)16-5-6-17-7-9(16)2/h8-9H,4-7H2,1-3H3,(H,13,14,15). The largest absolute Gasteiger partial charge is 0.373 e. The van der Waals surface area contributed by atoms with Crippen LogP contribution < -0.4 is 10.2 Å². The maximum Gasteiger partial charge on any atom is 0.137 e. The third kappa shape index (κ3) is 2.49. The van der Waals surface area contributed by atoms with E-state index in [9.17, 15) is 0 Å². The van der Waals surface area contributed by atoms with Crippen molar-refractivity contribution < 1.29 is 0 Å². The Hall–Kier alpha value is -0.970. The molecule has 4 nitrogen and oxygen atoms in total. The van der Waals surface area contributed by atoms with E-state index in [0.29, 0.717) is 6.04 Å². The van der Waals surface area contributed by atoms with Gasteiger partial charge in [0.2, 0.25) is 0 Å². The molecule has 17 heavy (non-hydrogen) atoms. The van der Waals surface area contributed by atoms with Crippen molar-refractivity contribution >= 4 is 23.4 Å². The Labute approximate surface area is 107 Å². The summed E-state index contributed by atoms with van der Waals surface area (Å²) in [5.74, 6) is 4.44. The summed E-state index contributed by atoms with van der Waals surface area (Å²) in [5.41, 5.74) is 1.23. The van der Waals surface area contributed by atoms with E-state index in [2.05, 4.69) is 34.0 Å². The summed E-state index contributed by atoms with van der Waals surface area (Å²) >= 11 is 2.02. The molecule has 1 aromatic heterocycles. The average Bonchev–Trinajstić information content (AvgIpc) is 2.38. The highest BCUT2D eigenvalue weighted by Gasteiger charge is 2.23. The normalized spacial score (nSPS) is 20.4. The Morgan fingerprint density at radius 2 is 2.35 bits per heavy atom. The number of aromatic nitrogens is 2. The molecule has 1 saturated heterocycles.